The minimum Gasteiger partial charge on any atom is -0.329 e. The second kappa shape index (κ2) is 4.32. The summed E-state index contributed by atoms with van der Waals surface area (Å²) in [5.74, 6) is 0.00269. The van der Waals surface area contributed by atoms with E-state index in [0.717, 1.165) is 5.69 Å². The van der Waals surface area contributed by atoms with Crippen LogP contribution in [0, 0.1) is 6.92 Å². The molecular weight excluding hydrogens is 214 g/mol. The Balaban J connectivity index is 2.91. The number of rotatable bonds is 4. The maximum atomic E-state index is 11.8. The van der Waals surface area contributed by atoms with Gasteiger partial charge in [-0.1, -0.05) is 0 Å². The van der Waals surface area contributed by atoms with Crippen molar-refractivity contribution in [1.82, 2.24) is 9.78 Å². The zero-order chi connectivity index (χ0) is 11.6. The molecule has 0 aliphatic rings. The Bertz CT molecular complexity index is 436. The molecule has 86 valence electrons. The number of hydrogen-bond acceptors (Lipinski definition) is 4. The summed E-state index contributed by atoms with van der Waals surface area (Å²) in [6.45, 7) is 3.61. The van der Waals surface area contributed by atoms with Gasteiger partial charge in [-0.15, -0.1) is 0 Å². The molecule has 0 bridgehead atoms. The van der Waals surface area contributed by atoms with Gasteiger partial charge < -0.3 is 5.73 Å². The lowest BCUT2D eigenvalue weighted by Gasteiger charge is -2.10. The fourth-order valence-electron chi connectivity index (χ4n) is 1.29. The first-order valence-corrected chi connectivity index (χ1v) is 6.49. The molecular formula is C9H17N3O2S. The number of hydrogen-bond donors (Lipinski definition) is 1. The van der Waals surface area contributed by atoms with Crippen molar-refractivity contribution >= 4 is 9.84 Å². The smallest absolute Gasteiger partial charge is 0.159 e. The summed E-state index contributed by atoms with van der Waals surface area (Å²) in [6, 6.07) is 1.78. The van der Waals surface area contributed by atoms with Crippen molar-refractivity contribution in [2.24, 2.45) is 12.8 Å². The van der Waals surface area contributed by atoms with Gasteiger partial charge in [-0.3, -0.25) is 4.68 Å². The van der Waals surface area contributed by atoms with Crippen LogP contribution in [-0.4, -0.2) is 30.0 Å². The number of nitrogens with two attached hydrogens (primary N) is 1. The molecule has 5 nitrogen and oxygen atoms in total. The average Bonchev–Trinajstić information content (AvgIpc) is 2.43. The van der Waals surface area contributed by atoms with Crippen LogP contribution in [0.1, 0.15) is 18.3 Å². The highest BCUT2D eigenvalue weighted by atomic mass is 32.2. The predicted octanol–water partition coefficient (Wildman–Crippen LogP) is -0.00948. The van der Waals surface area contributed by atoms with Crippen LogP contribution >= 0.6 is 0 Å². The standard InChI is InChI=1S/C9H17N3O2S/c1-7-4-9(12(3)11-7)6-15(13,14)8(2)5-10/h4,8H,5-6,10H2,1-3H3. The van der Waals surface area contributed by atoms with Crippen LogP contribution in [0.15, 0.2) is 6.07 Å². The van der Waals surface area contributed by atoms with E-state index in [1.165, 1.54) is 0 Å². The van der Waals surface area contributed by atoms with Crippen LogP contribution in [0.4, 0.5) is 0 Å². The van der Waals surface area contributed by atoms with Gasteiger partial charge in [0.1, 0.15) is 0 Å². The van der Waals surface area contributed by atoms with Crippen LogP contribution in [0.5, 0.6) is 0 Å². The summed E-state index contributed by atoms with van der Waals surface area (Å²) in [4.78, 5) is 0. The normalized spacial score (nSPS) is 14.1. The molecule has 1 aromatic rings. The van der Waals surface area contributed by atoms with Crippen molar-refractivity contribution < 1.29 is 8.42 Å². The van der Waals surface area contributed by atoms with E-state index >= 15 is 0 Å². The third-order valence-corrected chi connectivity index (χ3v) is 4.51. The summed E-state index contributed by atoms with van der Waals surface area (Å²) in [5, 5.41) is 3.59. The Morgan fingerprint density at radius 2 is 2.20 bits per heavy atom. The van der Waals surface area contributed by atoms with E-state index in [4.69, 9.17) is 5.73 Å². The molecule has 2 N–H and O–H groups in total. The van der Waals surface area contributed by atoms with E-state index in [9.17, 15) is 8.42 Å². The van der Waals surface area contributed by atoms with Gasteiger partial charge in [0.2, 0.25) is 0 Å². The lowest BCUT2D eigenvalue weighted by atomic mass is 10.4. The maximum absolute atomic E-state index is 11.8. The van der Waals surface area contributed by atoms with Crippen LogP contribution in [0.3, 0.4) is 0 Å². The molecule has 0 fully saturated rings. The molecule has 1 heterocycles. The van der Waals surface area contributed by atoms with Crippen molar-refractivity contribution in [3.8, 4) is 0 Å². The Morgan fingerprint density at radius 3 is 2.60 bits per heavy atom. The largest absolute Gasteiger partial charge is 0.329 e. The molecule has 0 aliphatic heterocycles. The SMILES string of the molecule is Cc1cc(CS(=O)(=O)C(C)CN)n(C)n1. The van der Waals surface area contributed by atoms with E-state index < -0.39 is 15.1 Å². The van der Waals surface area contributed by atoms with E-state index in [0.29, 0.717) is 5.69 Å². The molecule has 1 atom stereocenters. The van der Waals surface area contributed by atoms with Gasteiger partial charge in [0.05, 0.1) is 22.4 Å². The summed E-state index contributed by atoms with van der Waals surface area (Å²) >= 11 is 0. The Morgan fingerprint density at radius 1 is 1.60 bits per heavy atom. The summed E-state index contributed by atoms with van der Waals surface area (Å²) in [5.41, 5.74) is 6.88. The third kappa shape index (κ3) is 2.79. The van der Waals surface area contributed by atoms with Gasteiger partial charge in [-0.2, -0.15) is 5.10 Å². The molecule has 0 saturated heterocycles. The van der Waals surface area contributed by atoms with Crippen molar-refractivity contribution in [2.45, 2.75) is 24.9 Å². The van der Waals surface area contributed by atoms with Crippen molar-refractivity contribution in [3.05, 3.63) is 17.5 Å². The van der Waals surface area contributed by atoms with Gasteiger partial charge in [0, 0.05) is 13.6 Å². The summed E-state index contributed by atoms with van der Waals surface area (Å²) in [6.07, 6.45) is 0. The minimum atomic E-state index is -3.16. The Labute approximate surface area is 90.2 Å². The Hall–Kier alpha value is -0.880. The van der Waals surface area contributed by atoms with Gasteiger partial charge in [-0.05, 0) is 19.9 Å². The first-order chi connectivity index (χ1) is 6.86. The van der Waals surface area contributed by atoms with Crippen molar-refractivity contribution in [1.29, 1.82) is 0 Å². The van der Waals surface area contributed by atoms with Gasteiger partial charge in [0.15, 0.2) is 9.84 Å². The predicted molar refractivity (Wildman–Crippen MR) is 59.1 cm³/mol. The highest BCUT2D eigenvalue weighted by molar-refractivity contribution is 7.91. The number of nitrogens with zero attached hydrogens (tertiary/aromatic N) is 2. The molecule has 1 unspecified atom stereocenters. The second-order valence-corrected chi connectivity index (χ2v) is 6.17. The average molecular weight is 231 g/mol. The second-order valence-electron chi connectivity index (χ2n) is 3.75. The highest BCUT2D eigenvalue weighted by Gasteiger charge is 2.21. The molecule has 0 aromatic carbocycles. The molecule has 0 spiro atoms. The number of aryl methyl sites for hydroxylation is 2. The van der Waals surface area contributed by atoms with Gasteiger partial charge >= 0.3 is 0 Å². The minimum absolute atomic E-state index is 0.00269. The molecule has 1 aromatic heterocycles. The first-order valence-electron chi connectivity index (χ1n) is 4.78. The maximum Gasteiger partial charge on any atom is 0.159 e. The molecule has 0 aliphatic carbocycles. The topological polar surface area (TPSA) is 78.0 Å². The zero-order valence-corrected chi connectivity index (χ0v) is 10.1. The Kier molecular flexibility index (Phi) is 3.51. The third-order valence-electron chi connectivity index (χ3n) is 2.39. The van der Waals surface area contributed by atoms with Gasteiger partial charge in [-0.25, -0.2) is 8.42 Å². The molecule has 1 rings (SSSR count). The van der Waals surface area contributed by atoms with Crippen LogP contribution in [0.25, 0.3) is 0 Å². The molecule has 0 radical (unpaired) electrons. The lowest BCUT2D eigenvalue weighted by molar-refractivity contribution is 0.579. The first kappa shape index (κ1) is 12.2. The molecule has 6 heteroatoms. The zero-order valence-electron chi connectivity index (χ0n) is 9.27. The van der Waals surface area contributed by atoms with E-state index in [1.807, 2.05) is 6.92 Å². The van der Waals surface area contributed by atoms with Crippen LogP contribution in [-0.2, 0) is 22.6 Å². The molecule has 0 saturated carbocycles. The molecule has 0 amide bonds. The molecule has 15 heavy (non-hydrogen) atoms. The summed E-state index contributed by atoms with van der Waals surface area (Å²) in [7, 11) is -1.42. The lowest BCUT2D eigenvalue weighted by Crippen LogP contribution is -2.28. The summed E-state index contributed by atoms with van der Waals surface area (Å²) < 4.78 is 25.1. The van der Waals surface area contributed by atoms with E-state index in [-0.39, 0.29) is 12.3 Å². The number of aromatic nitrogens is 2. The monoisotopic (exact) mass is 231 g/mol. The van der Waals surface area contributed by atoms with Crippen LogP contribution in [0.2, 0.25) is 0 Å². The number of sulfone groups is 1. The fourth-order valence-corrected chi connectivity index (χ4v) is 2.55. The van der Waals surface area contributed by atoms with Crippen LogP contribution < -0.4 is 5.73 Å². The van der Waals surface area contributed by atoms with Crippen molar-refractivity contribution in [2.75, 3.05) is 6.54 Å². The van der Waals surface area contributed by atoms with Crippen molar-refractivity contribution in [3.63, 3.8) is 0 Å². The van der Waals surface area contributed by atoms with E-state index in [2.05, 4.69) is 5.10 Å². The van der Waals surface area contributed by atoms with Gasteiger partial charge in [0.25, 0.3) is 0 Å². The van der Waals surface area contributed by atoms with E-state index in [1.54, 1.807) is 24.7 Å². The quantitative estimate of drug-likeness (QED) is 0.790. The fraction of sp³-hybridized carbons (Fsp3) is 0.667. The highest BCUT2D eigenvalue weighted by Crippen LogP contribution is 2.11.